The smallest absolute Gasteiger partial charge is 0.0594 e. The molecule has 0 N–H and O–H groups in total. The Hall–Kier alpha value is 0.430. The van der Waals surface area contributed by atoms with E-state index in [1.807, 2.05) is 0 Å². The topological polar surface area (TPSA) is 0 Å². The van der Waals surface area contributed by atoms with Crippen molar-refractivity contribution in [2.75, 3.05) is 24.6 Å². The molecule has 0 bridgehead atoms. The molecule has 0 spiro atoms. The van der Waals surface area contributed by atoms with Crippen LogP contribution in [0.4, 0.5) is 0 Å². The Morgan fingerprint density at radius 1 is 0.200 bits per heavy atom. The second-order valence-corrected chi connectivity index (χ2v) is 18.3. The second-order valence-electron chi connectivity index (χ2n) is 13.8. The number of rotatable bonds is 35. The van der Waals surface area contributed by atoms with Gasteiger partial charge in [0, 0.05) is 7.26 Å². The van der Waals surface area contributed by atoms with Crippen LogP contribution in [0.5, 0.6) is 0 Å². The fraction of sp³-hybridized carbons (Fsp3) is 1.00. The number of hydrogen-bond donors (Lipinski definition) is 0. The summed E-state index contributed by atoms with van der Waals surface area (Å²) in [6.45, 7) is 9.40. The third-order valence-electron chi connectivity index (χ3n) is 9.69. The van der Waals surface area contributed by atoms with E-state index < -0.39 is 7.26 Å². The summed E-state index contributed by atoms with van der Waals surface area (Å²) in [5, 5.41) is 0. The Bertz CT molecular complexity index is 408. The first-order chi connectivity index (χ1) is 19.7. The molecule has 0 saturated carbocycles. The first-order valence-corrected chi connectivity index (χ1v) is 22.1. The molecule has 0 heterocycles. The fourth-order valence-electron chi connectivity index (χ4n) is 6.82. The standard InChI is InChI=1S/C39H82P/c1-5-9-13-17-18-19-20-21-22-23-24-25-26-27-31-35-39-40(36-32-28-14-10-6-2,37-33-29-15-11-7-3)38-34-30-16-12-8-4/h5-39H2,1-4H3/q+1. The van der Waals surface area contributed by atoms with E-state index >= 15 is 0 Å². The van der Waals surface area contributed by atoms with Crippen molar-refractivity contribution in [3.63, 3.8) is 0 Å². The van der Waals surface area contributed by atoms with Crippen molar-refractivity contribution >= 4 is 7.26 Å². The third-order valence-corrected chi connectivity index (χ3v) is 14.8. The molecule has 1 heteroatoms. The summed E-state index contributed by atoms with van der Waals surface area (Å²) in [6, 6.07) is 0. The van der Waals surface area contributed by atoms with Crippen LogP contribution in [0.25, 0.3) is 0 Å². The van der Waals surface area contributed by atoms with Crippen LogP contribution in [-0.4, -0.2) is 24.6 Å². The first kappa shape index (κ1) is 40.4. The van der Waals surface area contributed by atoms with Gasteiger partial charge in [-0.3, -0.25) is 0 Å². The van der Waals surface area contributed by atoms with E-state index in [1.165, 1.54) is 173 Å². The van der Waals surface area contributed by atoms with Gasteiger partial charge in [-0.15, -0.1) is 0 Å². The largest absolute Gasteiger partial charge is 0.0654 e. The van der Waals surface area contributed by atoms with Gasteiger partial charge in [0.2, 0.25) is 0 Å². The molecule has 0 aromatic heterocycles. The molecule has 0 atom stereocenters. The van der Waals surface area contributed by atoms with Crippen molar-refractivity contribution in [3.05, 3.63) is 0 Å². The van der Waals surface area contributed by atoms with Gasteiger partial charge < -0.3 is 0 Å². The average Bonchev–Trinajstić information content (AvgIpc) is 2.96. The van der Waals surface area contributed by atoms with Crippen LogP contribution < -0.4 is 0 Å². The van der Waals surface area contributed by atoms with Crippen LogP contribution in [0.1, 0.15) is 227 Å². The van der Waals surface area contributed by atoms with Crippen molar-refractivity contribution in [1.29, 1.82) is 0 Å². The van der Waals surface area contributed by atoms with Gasteiger partial charge in [-0.05, 0) is 51.4 Å². The molecule has 0 aromatic rings. The van der Waals surface area contributed by atoms with Crippen LogP contribution in [0.2, 0.25) is 0 Å². The lowest BCUT2D eigenvalue weighted by Gasteiger charge is -2.28. The van der Waals surface area contributed by atoms with Crippen LogP contribution in [0.15, 0.2) is 0 Å². The van der Waals surface area contributed by atoms with E-state index in [1.54, 1.807) is 50.3 Å². The first-order valence-electron chi connectivity index (χ1n) is 19.6. The highest BCUT2D eigenvalue weighted by Gasteiger charge is 2.34. The van der Waals surface area contributed by atoms with Crippen LogP contribution in [0, 0.1) is 0 Å². The fourth-order valence-corrected chi connectivity index (χ4v) is 11.7. The highest BCUT2D eigenvalue weighted by Crippen LogP contribution is 2.61. The van der Waals surface area contributed by atoms with E-state index in [0.717, 1.165) is 0 Å². The number of unbranched alkanes of at least 4 members (excludes halogenated alkanes) is 27. The minimum atomic E-state index is -0.730. The molecule has 0 radical (unpaired) electrons. The zero-order valence-electron chi connectivity index (χ0n) is 29.2. The molecule has 0 saturated heterocycles. The molecular weight excluding hydrogens is 499 g/mol. The van der Waals surface area contributed by atoms with Gasteiger partial charge in [0.05, 0.1) is 24.6 Å². The van der Waals surface area contributed by atoms with E-state index in [0.29, 0.717) is 0 Å². The highest BCUT2D eigenvalue weighted by molar-refractivity contribution is 7.75. The normalized spacial score (nSPS) is 12.0. The molecule has 0 unspecified atom stereocenters. The van der Waals surface area contributed by atoms with Crippen LogP contribution in [0.3, 0.4) is 0 Å². The van der Waals surface area contributed by atoms with Crippen molar-refractivity contribution in [2.45, 2.75) is 227 Å². The van der Waals surface area contributed by atoms with Gasteiger partial charge >= 0.3 is 0 Å². The predicted octanol–water partition coefficient (Wildman–Crippen LogP) is 15.2. The highest BCUT2D eigenvalue weighted by atomic mass is 31.2. The molecule has 0 fully saturated rings. The van der Waals surface area contributed by atoms with Crippen molar-refractivity contribution in [2.24, 2.45) is 0 Å². The molecule has 0 aromatic carbocycles. The molecule has 0 aliphatic heterocycles. The summed E-state index contributed by atoms with van der Waals surface area (Å²) < 4.78 is 0. The summed E-state index contributed by atoms with van der Waals surface area (Å²) in [5.41, 5.74) is 0. The quantitative estimate of drug-likeness (QED) is 0.0516. The van der Waals surface area contributed by atoms with Crippen LogP contribution >= 0.6 is 7.26 Å². The minimum Gasteiger partial charge on any atom is -0.0654 e. The van der Waals surface area contributed by atoms with Crippen LogP contribution in [-0.2, 0) is 0 Å². The molecule has 0 aliphatic carbocycles. The second kappa shape index (κ2) is 33.9. The molecule has 0 nitrogen and oxygen atoms in total. The molecular formula is C39H82P+. The zero-order valence-corrected chi connectivity index (χ0v) is 30.1. The van der Waals surface area contributed by atoms with Crippen molar-refractivity contribution in [3.8, 4) is 0 Å². The Morgan fingerprint density at radius 2 is 0.350 bits per heavy atom. The summed E-state index contributed by atoms with van der Waals surface area (Å²) in [5.74, 6) is 0. The predicted molar refractivity (Wildman–Crippen MR) is 192 cm³/mol. The Balaban J connectivity index is 4.30. The van der Waals surface area contributed by atoms with Gasteiger partial charge in [-0.25, -0.2) is 0 Å². The SMILES string of the molecule is CCCCCCCCCCCCCCCCCC[P+](CCCCCCC)(CCCCCCC)CCCCCCC. The summed E-state index contributed by atoms with van der Waals surface area (Å²) >= 11 is 0. The molecule has 242 valence electrons. The summed E-state index contributed by atoms with van der Waals surface area (Å²) in [7, 11) is -0.730. The van der Waals surface area contributed by atoms with Gasteiger partial charge in [-0.2, -0.15) is 0 Å². The van der Waals surface area contributed by atoms with Gasteiger partial charge in [-0.1, -0.05) is 175 Å². The lowest BCUT2D eigenvalue weighted by atomic mass is 10.0. The minimum absolute atomic E-state index is 0.730. The maximum absolute atomic E-state index is 2.36. The maximum atomic E-state index is 2.36. The monoisotopic (exact) mass is 582 g/mol. The molecule has 40 heavy (non-hydrogen) atoms. The Morgan fingerprint density at radius 3 is 0.525 bits per heavy atom. The molecule has 0 rings (SSSR count). The van der Waals surface area contributed by atoms with Crippen molar-refractivity contribution in [1.82, 2.24) is 0 Å². The van der Waals surface area contributed by atoms with E-state index in [2.05, 4.69) is 27.7 Å². The van der Waals surface area contributed by atoms with Gasteiger partial charge in [0.1, 0.15) is 0 Å². The lowest BCUT2D eigenvalue weighted by molar-refractivity contribution is 0.531. The van der Waals surface area contributed by atoms with E-state index in [9.17, 15) is 0 Å². The zero-order chi connectivity index (χ0) is 29.2. The Labute approximate surface area is 258 Å². The van der Waals surface area contributed by atoms with E-state index in [-0.39, 0.29) is 0 Å². The van der Waals surface area contributed by atoms with Gasteiger partial charge in [0.25, 0.3) is 0 Å². The molecule has 0 aliphatic rings. The lowest BCUT2D eigenvalue weighted by Crippen LogP contribution is -2.13. The Kier molecular flexibility index (Phi) is 34.3. The maximum Gasteiger partial charge on any atom is 0.0594 e. The third kappa shape index (κ3) is 28.5. The van der Waals surface area contributed by atoms with Gasteiger partial charge in [0.15, 0.2) is 0 Å². The molecule has 0 amide bonds. The summed E-state index contributed by atoms with van der Waals surface area (Å²) in [4.78, 5) is 0. The average molecular weight is 582 g/mol. The van der Waals surface area contributed by atoms with E-state index in [4.69, 9.17) is 0 Å². The summed E-state index contributed by atoms with van der Waals surface area (Å²) in [6.07, 6.45) is 52.6. The number of hydrogen-bond acceptors (Lipinski definition) is 0. The van der Waals surface area contributed by atoms with Crippen molar-refractivity contribution < 1.29 is 0 Å².